The van der Waals surface area contributed by atoms with Gasteiger partial charge in [-0.2, -0.15) is 0 Å². The van der Waals surface area contributed by atoms with Crippen molar-refractivity contribution in [3.8, 4) is 5.75 Å². The number of carbonyl (C=O) groups is 2. The van der Waals surface area contributed by atoms with E-state index in [-0.39, 0.29) is 25.2 Å². The average molecular weight is 563 g/mol. The Kier molecular flexibility index (Phi) is 10.6. The molecule has 2 aromatic carbocycles. The quantitative estimate of drug-likeness (QED) is 0.191. The van der Waals surface area contributed by atoms with Gasteiger partial charge in [-0.1, -0.05) is 36.9 Å². The van der Waals surface area contributed by atoms with Crippen LogP contribution in [0.25, 0.3) is 0 Å². The van der Waals surface area contributed by atoms with E-state index in [2.05, 4.69) is 16.1 Å². The van der Waals surface area contributed by atoms with Crippen LogP contribution in [0.15, 0.2) is 55.1 Å². The van der Waals surface area contributed by atoms with Gasteiger partial charge in [0.25, 0.3) is 0 Å². The molecule has 40 heavy (non-hydrogen) atoms. The molecule has 218 valence electrons. The minimum atomic E-state index is -2.56. The number of aliphatic hydroxyl groups excluding tert-OH is 4. The summed E-state index contributed by atoms with van der Waals surface area (Å²) in [7, 11) is 1.54. The van der Waals surface area contributed by atoms with Crippen LogP contribution in [0.1, 0.15) is 29.2 Å². The van der Waals surface area contributed by atoms with Crippen molar-refractivity contribution in [3.63, 3.8) is 0 Å². The summed E-state index contributed by atoms with van der Waals surface area (Å²) >= 11 is 0. The average Bonchev–Trinajstić information content (AvgIpc) is 2.95. The van der Waals surface area contributed by atoms with Crippen molar-refractivity contribution in [2.75, 3.05) is 20.3 Å². The van der Waals surface area contributed by atoms with Crippen molar-refractivity contribution in [2.24, 2.45) is 0 Å². The molecule has 0 amide bonds. The van der Waals surface area contributed by atoms with Crippen LogP contribution in [-0.4, -0.2) is 88.5 Å². The molecule has 6 atom stereocenters. The van der Waals surface area contributed by atoms with Gasteiger partial charge in [-0.3, -0.25) is 0 Å². The molecule has 0 unspecified atom stereocenters. The van der Waals surface area contributed by atoms with Crippen molar-refractivity contribution in [3.05, 3.63) is 77.4 Å². The molecule has 1 aliphatic rings. The van der Waals surface area contributed by atoms with Crippen LogP contribution >= 0.6 is 0 Å². The van der Waals surface area contributed by atoms with Gasteiger partial charge in [0, 0.05) is 5.56 Å². The summed E-state index contributed by atoms with van der Waals surface area (Å²) in [5, 5.41) is 53.4. The third kappa shape index (κ3) is 7.36. The summed E-state index contributed by atoms with van der Waals surface area (Å²) in [6.45, 7) is 3.60. The van der Waals surface area contributed by atoms with Crippen LogP contribution in [0.2, 0.25) is 0 Å². The summed E-state index contributed by atoms with van der Waals surface area (Å²) in [6, 6.07) is 11.8. The standard InChI is InChI=1S/C28H34O12/c1-4-11-37-27(34)39-15-22(30)38-14-18-5-8-19(12-17-6-9-20(36-3)10-7-17)21(13-18)28(35)26(33)24(32)23(31)25(40-28)16(2)29/h4-10,13,16,23-26,29,31-33,35H,1,11-12,14-15H2,2-3H3/t16-,23-,24-,25+,26+,28+/m0/s1. The second kappa shape index (κ2) is 13.7. The van der Waals surface area contributed by atoms with Crippen LogP contribution < -0.4 is 4.74 Å². The predicted molar refractivity (Wildman–Crippen MR) is 138 cm³/mol. The topological polar surface area (TPSA) is 181 Å². The maximum Gasteiger partial charge on any atom is 0.509 e. The number of carbonyl (C=O) groups excluding carboxylic acids is 2. The van der Waals surface area contributed by atoms with Gasteiger partial charge in [-0.05, 0) is 48.2 Å². The highest BCUT2D eigenvalue weighted by Gasteiger charge is 2.55. The Hall–Kier alpha value is -3.52. The number of hydrogen-bond acceptors (Lipinski definition) is 12. The summed E-state index contributed by atoms with van der Waals surface area (Å²) in [5.74, 6) is -2.79. The third-order valence-corrected chi connectivity index (χ3v) is 6.34. The first-order valence-corrected chi connectivity index (χ1v) is 12.4. The Balaban J connectivity index is 1.89. The number of hydrogen-bond donors (Lipinski definition) is 5. The van der Waals surface area contributed by atoms with E-state index in [0.717, 1.165) is 5.56 Å². The lowest BCUT2D eigenvalue weighted by atomic mass is 9.83. The van der Waals surface area contributed by atoms with Gasteiger partial charge < -0.3 is 49.2 Å². The highest BCUT2D eigenvalue weighted by Crippen LogP contribution is 2.40. The lowest BCUT2D eigenvalue weighted by Gasteiger charge is -2.47. The van der Waals surface area contributed by atoms with Crippen molar-refractivity contribution in [1.29, 1.82) is 0 Å². The van der Waals surface area contributed by atoms with Crippen LogP contribution in [-0.2, 0) is 42.6 Å². The molecular formula is C28H34O12. The second-order valence-corrected chi connectivity index (χ2v) is 9.26. The molecule has 1 heterocycles. The first-order chi connectivity index (χ1) is 19.0. The van der Waals surface area contributed by atoms with Crippen molar-refractivity contribution in [2.45, 2.75) is 56.3 Å². The minimum absolute atomic E-state index is 0.0187. The molecule has 1 aliphatic heterocycles. The normalized spacial score (nSPS) is 25.0. The van der Waals surface area contributed by atoms with E-state index in [1.165, 1.54) is 26.2 Å². The highest BCUT2D eigenvalue weighted by atomic mass is 16.7. The largest absolute Gasteiger partial charge is 0.509 e. The number of aliphatic hydroxyl groups is 5. The van der Waals surface area contributed by atoms with Crippen LogP contribution in [0.4, 0.5) is 4.79 Å². The van der Waals surface area contributed by atoms with E-state index in [1.54, 1.807) is 36.4 Å². The zero-order valence-corrected chi connectivity index (χ0v) is 22.1. The smallest absolute Gasteiger partial charge is 0.497 e. The predicted octanol–water partition coefficient (Wildman–Crippen LogP) is 0.676. The van der Waals surface area contributed by atoms with Crippen molar-refractivity contribution >= 4 is 12.1 Å². The molecule has 0 aliphatic carbocycles. The summed E-state index contributed by atoms with van der Waals surface area (Å²) < 4.78 is 25.2. The Morgan fingerprint density at radius 2 is 1.73 bits per heavy atom. The van der Waals surface area contributed by atoms with Crippen LogP contribution in [0, 0.1) is 0 Å². The number of rotatable bonds is 11. The number of methoxy groups -OCH3 is 1. The molecule has 1 fully saturated rings. The molecule has 12 heteroatoms. The molecule has 5 N–H and O–H groups in total. The molecule has 1 saturated heterocycles. The third-order valence-electron chi connectivity index (χ3n) is 6.34. The van der Waals surface area contributed by atoms with Gasteiger partial charge in [0.15, 0.2) is 6.61 Å². The fourth-order valence-corrected chi connectivity index (χ4v) is 4.22. The number of benzene rings is 2. The number of esters is 1. The monoisotopic (exact) mass is 562 g/mol. The zero-order valence-electron chi connectivity index (χ0n) is 22.1. The lowest BCUT2D eigenvalue weighted by molar-refractivity contribution is -0.364. The minimum Gasteiger partial charge on any atom is -0.497 e. The first kappa shape index (κ1) is 31.0. The fourth-order valence-electron chi connectivity index (χ4n) is 4.22. The van der Waals surface area contributed by atoms with E-state index >= 15 is 0 Å². The van der Waals surface area contributed by atoms with E-state index in [9.17, 15) is 35.1 Å². The Labute approximate surface area is 230 Å². The van der Waals surface area contributed by atoms with Gasteiger partial charge in [-0.25, -0.2) is 9.59 Å². The molecule has 0 bridgehead atoms. The van der Waals surface area contributed by atoms with Crippen molar-refractivity contribution in [1.82, 2.24) is 0 Å². The molecule has 0 saturated carbocycles. The van der Waals surface area contributed by atoms with E-state index in [1.807, 2.05) is 0 Å². The maximum absolute atomic E-state index is 12.1. The lowest BCUT2D eigenvalue weighted by Crippen LogP contribution is -2.65. The van der Waals surface area contributed by atoms with E-state index < -0.39 is 55.0 Å². The number of ether oxygens (including phenoxy) is 5. The molecule has 2 aromatic rings. The summed E-state index contributed by atoms with van der Waals surface area (Å²) in [6.07, 6.45) is -7.77. The molecule has 0 spiro atoms. The Morgan fingerprint density at radius 3 is 2.35 bits per heavy atom. The van der Waals surface area contributed by atoms with Crippen LogP contribution in [0.5, 0.6) is 5.75 Å². The fraction of sp³-hybridized carbons (Fsp3) is 0.429. The summed E-state index contributed by atoms with van der Waals surface area (Å²) in [5.41, 5.74) is 1.66. The molecular weight excluding hydrogens is 528 g/mol. The van der Waals surface area contributed by atoms with Gasteiger partial charge in [0.1, 0.15) is 43.4 Å². The van der Waals surface area contributed by atoms with Gasteiger partial charge in [0.05, 0.1) is 13.2 Å². The molecule has 0 radical (unpaired) electrons. The molecule has 3 rings (SSSR count). The Bertz CT molecular complexity index is 1160. The molecule has 12 nitrogen and oxygen atoms in total. The second-order valence-electron chi connectivity index (χ2n) is 9.26. The van der Waals surface area contributed by atoms with Crippen LogP contribution in [0.3, 0.4) is 0 Å². The highest BCUT2D eigenvalue weighted by molar-refractivity contribution is 5.73. The van der Waals surface area contributed by atoms with Crippen molar-refractivity contribution < 1.29 is 58.8 Å². The van der Waals surface area contributed by atoms with Gasteiger partial charge >= 0.3 is 12.1 Å². The summed E-state index contributed by atoms with van der Waals surface area (Å²) in [4.78, 5) is 23.5. The van der Waals surface area contributed by atoms with E-state index in [0.29, 0.717) is 16.9 Å². The van der Waals surface area contributed by atoms with Gasteiger partial charge in [-0.15, -0.1) is 0 Å². The maximum atomic E-state index is 12.1. The molecule has 0 aromatic heterocycles. The first-order valence-electron chi connectivity index (χ1n) is 12.4. The SMILES string of the molecule is C=CCOC(=O)OCC(=O)OCc1ccc(Cc2ccc(OC)cc2)c([C@@]2(O)O[C@H]([C@H](C)O)[C@@H](O)[C@H](O)[C@H]2O)c1. The zero-order chi connectivity index (χ0) is 29.4. The Morgan fingerprint density at radius 1 is 1.05 bits per heavy atom. The van der Waals surface area contributed by atoms with E-state index in [4.69, 9.17) is 14.2 Å². The van der Waals surface area contributed by atoms with Gasteiger partial charge in [0.2, 0.25) is 5.79 Å².